The third kappa shape index (κ3) is 8.02. The van der Waals surface area contributed by atoms with Crippen LogP contribution in [0.3, 0.4) is 0 Å². The standard InChI is InChI=1S/C30H37ClF2N3O3P/c1-18(17-39-24-6-4-3-5-7-24)36(16-19(2)40)29(37)13-21-12-26(31)28(14-27(21)33)35-30(38)25-15-34-23-9-8-22(32)10-20(25)11-23/h8-12,14-15,18-19,23-24,34H,3-7,13,16-17,40H2,1-2H3,(H,35,38). The number of hydrogen-bond acceptors (Lipinski definition) is 4. The van der Waals surface area contributed by atoms with E-state index in [0.29, 0.717) is 18.7 Å². The molecule has 1 saturated carbocycles. The number of dihydropyridines is 1. The van der Waals surface area contributed by atoms with Crippen LogP contribution in [0.2, 0.25) is 5.02 Å². The van der Waals surface area contributed by atoms with Crippen molar-refractivity contribution in [2.75, 3.05) is 18.5 Å². The molecular weight excluding hydrogens is 555 g/mol. The summed E-state index contributed by atoms with van der Waals surface area (Å²) in [5.41, 5.74) is 0.947. The number of fused-ring (bicyclic) bond motifs is 1. The Kier molecular flexibility index (Phi) is 10.6. The molecule has 6 nitrogen and oxygen atoms in total. The van der Waals surface area contributed by atoms with Gasteiger partial charge in [-0.1, -0.05) is 49.9 Å². The van der Waals surface area contributed by atoms with Crippen LogP contribution in [0.5, 0.6) is 0 Å². The molecule has 2 N–H and O–H groups in total. The minimum atomic E-state index is -0.655. The monoisotopic (exact) mass is 591 g/mol. The number of amides is 2. The van der Waals surface area contributed by atoms with E-state index in [9.17, 15) is 14.0 Å². The Hall–Kier alpha value is -2.54. The van der Waals surface area contributed by atoms with Gasteiger partial charge in [-0.3, -0.25) is 9.59 Å². The Morgan fingerprint density at radius 1 is 1.23 bits per heavy atom. The summed E-state index contributed by atoms with van der Waals surface area (Å²) in [6.45, 7) is 4.87. The maximum absolute atomic E-state index is 15.2. The van der Waals surface area contributed by atoms with Crippen LogP contribution in [0.25, 0.3) is 0 Å². The first-order valence-electron chi connectivity index (χ1n) is 13.8. The number of hydrogen-bond donors (Lipinski definition) is 2. The van der Waals surface area contributed by atoms with Gasteiger partial charge in [-0.2, -0.15) is 0 Å². The topological polar surface area (TPSA) is 70.7 Å². The summed E-state index contributed by atoms with van der Waals surface area (Å²) < 4.78 is 35.3. The van der Waals surface area contributed by atoms with E-state index in [4.69, 9.17) is 16.3 Å². The Morgan fingerprint density at radius 2 is 1.98 bits per heavy atom. The molecule has 1 fully saturated rings. The predicted octanol–water partition coefficient (Wildman–Crippen LogP) is 6.00. The average molecular weight is 592 g/mol. The zero-order valence-electron chi connectivity index (χ0n) is 22.9. The maximum atomic E-state index is 15.2. The van der Waals surface area contributed by atoms with Gasteiger partial charge in [0.2, 0.25) is 5.91 Å². The molecule has 40 heavy (non-hydrogen) atoms. The zero-order valence-corrected chi connectivity index (χ0v) is 24.8. The van der Waals surface area contributed by atoms with Gasteiger partial charge in [-0.15, -0.1) is 9.24 Å². The van der Waals surface area contributed by atoms with E-state index < -0.39 is 17.6 Å². The third-order valence-corrected chi connectivity index (χ3v) is 7.80. The van der Waals surface area contributed by atoms with E-state index in [1.165, 1.54) is 43.7 Å². The number of anilines is 1. The summed E-state index contributed by atoms with van der Waals surface area (Å²) in [5, 5.41) is 5.70. The fourth-order valence-corrected chi connectivity index (χ4v) is 5.59. The summed E-state index contributed by atoms with van der Waals surface area (Å²) in [7, 11) is 2.70. The normalized spacial score (nSPS) is 20.4. The molecule has 10 heteroatoms. The van der Waals surface area contributed by atoms with Gasteiger partial charge >= 0.3 is 0 Å². The van der Waals surface area contributed by atoms with Crippen LogP contribution in [0.4, 0.5) is 14.5 Å². The first-order valence-corrected chi connectivity index (χ1v) is 14.8. The summed E-state index contributed by atoms with van der Waals surface area (Å²) >= 11 is 6.42. The van der Waals surface area contributed by atoms with Gasteiger partial charge in [0.15, 0.2) is 0 Å². The number of rotatable bonds is 10. The summed E-state index contributed by atoms with van der Waals surface area (Å²) in [6.07, 6.45) is 13.2. The van der Waals surface area contributed by atoms with Crippen molar-refractivity contribution in [1.29, 1.82) is 0 Å². The second-order valence-corrected chi connectivity index (χ2v) is 12.3. The van der Waals surface area contributed by atoms with Gasteiger partial charge in [-0.05, 0) is 60.8 Å². The smallest absolute Gasteiger partial charge is 0.257 e. The number of allylic oxidation sites excluding steroid dienone is 3. The predicted molar refractivity (Wildman–Crippen MR) is 158 cm³/mol. The molecule has 2 bridgehead atoms. The molecule has 4 rings (SSSR count). The molecular formula is C30H37ClF2N3O3P. The highest BCUT2D eigenvalue weighted by Gasteiger charge is 2.26. The Labute approximate surface area is 242 Å². The lowest BCUT2D eigenvalue weighted by Gasteiger charge is -2.32. The quantitative estimate of drug-likeness (QED) is 0.328. The largest absolute Gasteiger partial charge is 0.380 e. The SMILES string of the molecule is CC(P)CN(C(=O)Cc1cc(Cl)c(NC(=O)C2=CNC3C=CC(F)=CC2=C3)cc1F)C(C)COC1CCCCC1. The fraction of sp³-hybridized carbons (Fsp3) is 0.467. The van der Waals surface area contributed by atoms with E-state index in [-0.39, 0.29) is 58.0 Å². The van der Waals surface area contributed by atoms with Crippen LogP contribution in [0.15, 0.2) is 59.6 Å². The van der Waals surface area contributed by atoms with Crippen molar-refractivity contribution in [1.82, 2.24) is 10.2 Å². The molecule has 2 aliphatic carbocycles. The minimum absolute atomic E-state index is 0.0601. The van der Waals surface area contributed by atoms with Crippen molar-refractivity contribution >= 4 is 38.3 Å². The molecule has 3 aliphatic rings. The first-order chi connectivity index (χ1) is 19.1. The van der Waals surface area contributed by atoms with Crippen LogP contribution < -0.4 is 10.6 Å². The number of carbonyl (C=O) groups is 2. The molecule has 1 aliphatic heterocycles. The molecule has 2 amide bonds. The molecule has 0 saturated heterocycles. The molecule has 0 spiro atoms. The van der Waals surface area contributed by atoms with Gasteiger partial charge in [0.05, 0.1) is 47.5 Å². The molecule has 1 heterocycles. The number of benzene rings is 1. The molecule has 1 aromatic carbocycles. The minimum Gasteiger partial charge on any atom is -0.380 e. The maximum Gasteiger partial charge on any atom is 0.257 e. The van der Waals surface area contributed by atoms with E-state index in [1.54, 1.807) is 17.1 Å². The van der Waals surface area contributed by atoms with Crippen LogP contribution in [0, 0.1) is 5.82 Å². The number of ether oxygens (including phenoxy) is 1. The van der Waals surface area contributed by atoms with Crippen molar-refractivity contribution in [3.63, 3.8) is 0 Å². The molecule has 1 aromatic rings. The second kappa shape index (κ2) is 13.9. The summed E-state index contributed by atoms with van der Waals surface area (Å²) in [4.78, 5) is 28.1. The zero-order chi connectivity index (χ0) is 28.8. The van der Waals surface area contributed by atoms with Crippen molar-refractivity contribution < 1.29 is 23.1 Å². The van der Waals surface area contributed by atoms with Crippen molar-refractivity contribution in [2.24, 2.45) is 0 Å². The fourth-order valence-electron chi connectivity index (χ4n) is 5.13. The van der Waals surface area contributed by atoms with E-state index in [2.05, 4.69) is 19.9 Å². The van der Waals surface area contributed by atoms with Gasteiger partial charge in [0.1, 0.15) is 11.6 Å². The average Bonchev–Trinajstić information content (AvgIpc) is 3.06. The summed E-state index contributed by atoms with van der Waals surface area (Å²) in [5.74, 6) is -1.93. The molecule has 0 radical (unpaired) electrons. The van der Waals surface area contributed by atoms with Crippen LogP contribution >= 0.6 is 20.8 Å². The lowest BCUT2D eigenvalue weighted by Crippen LogP contribution is -2.45. The lowest BCUT2D eigenvalue weighted by molar-refractivity contribution is -0.134. The Balaban J connectivity index is 1.42. The van der Waals surface area contributed by atoms with E-state index in [1.807, 2.05) is 13.8 Å². The number of nitrogens with one attached hydrogen (secondary N) is 2. The van der Waals surface area contributed by atoms with Gasteiger partial charge in [0.25, 0.3) is 5.91 Å². The Morgan fingerprint density at radius 3 is 2.70 bits per heavy atom. The van der Waals surface area contributed by atoms with Crippen molar-refractivity contribution in [2.45, 2.75) is 76.2 Å². The first kappa shape index (κ1) is 30.4. The van der Waals surface area contributed by atoms with Crippen LogP contribution in [0.1, 0.15) is 51.5 Å². The molecule has 216 valence electrons. The van der Waals surface area contributed by atoms with Crippen LogP contribution in [-0.4, -0.2) is 53.7 Å². The third-order valence-electron chi connectivity index (χ3n) is 7.28. The highest BCUT2D eigenvalue weighted by atomic mass is 35.5. The highest BCUT2D eigenvalue weighted by molar-refractivity contribution is 7.17. The van der Waals surface area contributed by atoms with E-state index >= 15 is 4.39 Å². The lowest BCUT2D eigenvalue weighted by atomic mass is 9.98. The second-order valence-electron chi connectivity index (χ2n) is 10.8. The highest BCUT2D eigenvalue weighted by Crippen LogP contribution is 2.29. The molecule has 0 aromatic heterocycles. The molecule has 4 unspecified atom stereocenters. The van der Waals surface area contributed by atoms with Gasteiger partial charge in [-0.25, -0.2) is 8.78 Å². The summed E-state index contributed by atoms with van der Waals surface area (Å²) in [6, 6.07) is 2.08. The van der Waals surface area contributed by atoms with Gasteiger partial charge < -0.3 is 20.3 Å². The van der Waals surface area contributed by atoms with Crippen LogP contribution in [-0.2, 0) is 20.7 Å². The molecule has 4 atom stereocenters. The van der Waals surface area contributed by atoms with Gasteiger partial charge in [0, 0.05) is 12.7 Å². The van der Waals surface area contributed by atoms with Crippen molar-refractivity contribution in [3.8, 4) is 0 Å². The number of halogens is 3. The Bertz CT molecular complexity index is 1240. The number of nitrogens with zero attached hydrogens (tertiary/aromatic N) is 1. The number of carbonyl (C=O) groups excluding carboxylic acids is 2. The van der Waals surface area contributed by atoms with E-state index in [0.717, 1.165) is 18.9 Å². The van der Waals surface area contributed by atoms with Crippen molar-refractivity contribution in [3.05, 3.63) is 76.0 Å².